The van der Waals surface area contributed by atoms with Crippen molar-refractivity contribution in [3.8, 4) is 5.75 Å². The highest BCUT2D eigenvalue weighted by Gasteiger charge is 2.05. The fourth-order valence-corrected chi connectivity index (χ4v) is 2.97. The van der Waals surface area contributed by atoms with Crippen LogP contribution in [0.15, 0.2) is 72.0 Å². The van der Waals surface area contributed by atoms with Crippen LogP contribution in [-0.2, 0) is 0 Å². The molecule has 5 heteroatoms. The molecule has 0 saturated heterocycles. The number of nitrogens with one attached hydrogen (secondary N) is 1. The fraction of sp³-hybridized carbons (Fsp3) is 0. The third-order valence-electron chi connectivity index (χ3n) is 4.03. The van der Waals surface area contributed by atoms with Gasteiger partial charge >= 0.3 is 0 Å². The van der Waals surface area contributed by atoms with Gasteiger partial charge in [0.1, 0.15) is 5.75 Å². The van der Waals surface area contributed by atoms with Gasteiger partial charge in [-0.2, -0.15) is 5.10 Å². The topological polar surface area (TPSA) is 57.5 Å². The zero-order valence-corrected chi connectivity index (χ0v) is 13.9. The lowest BCUT2D eigenvalue weighted by molar-refractivity contribution is 0.475. The molecule has 25 heavy (non-hydrogen) atoms. The van der Waals surface area contributed by atoms with E-state index in [-0.39, 0.29) is 5.75 Å². The molecule has 3 aromatic carbocycles. The molecule has 1 heterocycles. The summed E-state index contributed by atoms with van der Waals surface area (Å²) in [4.78, 5) is 4.31. The minimum absolute atomic E-state index is 0.190. The number of hydrogen-bond donors (Lipinski definition) is 2. The van der Waals surface area contributed by atoms with Crippen molar-refractivity contribution in [3.63, 3.8) is 0 Å². The number of phenolic OH excluding ortho intramolecular Hbond substituents is 1. The second kappa shape index (κ2) is 6.42. The van der Waals surface area contributed by atoms with E-state index in [9.17, 15) is 5.11 Å². The third kappa shape index (κ3) is 2.99. The number of rotatable bonds is 3. The van der Waals surface area contributed by atoms with Gasteiger partial charge in [-0.25, -0.2) is 0 Å². The van der Waals surface area contributed by atoms with Crippen LogP contribution in [0, 0.1) is 0 Å². The summed E-state index contributed by atoms with van der Waals surface area (Å²) in [6, 6.07) is 18.8. The smallest absolute Gasteiger partial charge is 0.125 e. The SMILES string of the molecule is Oc1ccc2ccccc2c1/C=N/Nc1ccnc2cc(Cl)ccc12. The Hall–Kier alpha value is -3.11. The maximum absolute atomic E-state index is 10.2. The van der Waals surface area contributed by atoms with Gasteiger partial charge in [0.15, 0.2) is 0 Å². The third-order valence-corrected chi connectivity index (χ3v) is 4.27. The molecule has 0 radical (unpaired) electrons. The van der Waals surface area contributed by atoms with Crippen LogP contribution >= 0.6 is 11.6 Å². The summed E-state index contributed by atoms with van der Waals surface area (Å²) < 4.78 is 0. The van der Waals surface area contributed by atoms with Crippen molar-refractivity contribution < 1.29 is 5.11 Å². The summed E-state index contributed by atoms with van der Waals surface area (Å²) in [5.74, 6) is 0.190. The minimum Gasteiger partial charge on any atom is -0.507 e. The quantitative estimate of drug-likeness (QED) is 0.396. The molecule has 0 bridgehead atoms. The van der Waals surface area contributed by atoms with Crippen molar-refractivity contribution in [2.24, 2.45) is 5.10 Å². The number of aromatic nitrogens is 1. The molecular weight excluding hydrogens is 334 g/mol. The van der Waals surface area contributed by atoms with E-state index in [0.717, 1.165) is 27.4 Å². The number of phenols is 1. The summed E-state index contributed by atoms with van der Waals surface area (Å²) >= 11 is 6.01. The normalized spacial score (nSPS) is 11.4. The van der Waals surface area contributed by atoms with Gasteiger partial charge in [-0.3, -0.25) is 10.4 Å². The van der Waals surface area contributed by atoms with Crippen LogP contribution in [0.3, 0.4) is 0 Å². The first-order valence-electron chi connectivity index (χ1n) is 7.76. The summed E-state index contributed by atoms with van der Waals surface area (Å²) in [6.45, 7) is 0. The summed E-state index contributed by atoms with van der Waals surface area (Å²) in [5.41, 5.74) is 5.31. The highest BCUT2D eigenvalue weighted by atomic mass is 35.5. The number of benzene rings is 3. The lowest BCUT2D eigenvalue weighted by atomic mass is 10.0. The molecule has 0 aliphatic rings. The van der Waals surface area contributed by atoms with Crippen LogP contribution in [0.5, 0.6) is 5.75 Å². The van der Waals surface area contributed by atoms with Gasteiger partial charge in [0.25, 0.3) is 0 Å². The van der Waals surface area contributed by atoms with Crippen LogP contribution in [-0.4, -0.2) is 16.3 Å². The number of pyridine rings is 1. The Morgan fingerprint density at radius 2 is 1.88 bits per heavy atom. The van der Waals surface area contributed by atoms with E-state index in [4.69, 9.17) is 11.6 Å². The molecule has 0 aliphatic heterocycles. The number of hydrazone groups is 1. The molecule has 4 nitrogen and oxygen atoms in total. The maximum atomic E-state index is 10.2. The van der Waals surface area contributed by atoms with Crippen LogP contribution in [0.25, 0.3) is 21.7 Å². The van der Waals surface area contributed by atoms with E-state index in [1.54, 1.807) is 18.5 Å². The van der Waals surface area contributed by atoms with Crippen molar-refractivity contribution in [1.82, 2.24) is 4.98 Å². The predicted octanol–water partition coefficient (Wildman–Crippen LogP) is 5.19. The average molecular weight is 348 g/mol. The van der Waals surface area contributed by atoms with Gasteiger partial charge < -0.3 is 5.11 Å². The first kappa shape index (κ1) is 15.4. The second-order valence-electron chi connectivity index (χ2n) is 5.61. The van der Waals surface area contributed by atoms with E-state index < -0.39 is 0 Å². The lowest BCUT2D eigenvalue weighted by Gasteiger charge is -2.07. The zero-order chi connectivity index (χ0) is 17.2. The number of fused-ring (bicyclic) bond motifs is 2. The van der Waals surface area contributed by atoms with Crippen LogP contribution in [0.2, 0.25) is 5.02 Å². The van der Waals surface area contributed by atoms with E-state index in [1.165, 1.54) is 0 Å². The molecule has 1 aromatic heterocycles. The highest BCUT2D eigenvalue weighted by molar-refractivity contribution is 6.31. The molecule has 122 valence electrons. The fourth-order valence-electron chi connectivity index (χ4n) is 2.80. The first-order valence-corrected chi connectivity index (χ1v) is 8.14. The Kier molecular flexibility index (Phi) is 3.96. The number of anilines is 1. The molecule has 2 N–H and O–H groups in total. The largest absolute Gasteiger partial charge is 0.507 e. The Morgan fingerprint density at radius 3 is 2.80 bits per heavy atom. The lowest BCUT2D eigenvalue weighted by Crippen LogP contribution is -1.94. The molecule has 4 rings (SSSR count). The average Bonchev–Trinajstić information content (AvgIpc) is 2.63. The Bertz CT molecular complexity index is 1110. The van der Waals surface area contributed by atoms with Gasteiger partial charge in [0.05, 0.1) is 17.4 Å². The highest BCUT2D eigenvalue weighted by Crippen LogP contribution is 2.26. The summed E-state index contributed by atoms with van der Waals surface area (Å²) in [7, 11) is 0. The monoisotopic (exact) mass is 347 g/mol. The van der Waals surface area contributed by atoms with Gasteiger partial charge in [0.2, 0.25) is 0 Å². The van der Waals surface area contributed by atoms with Crippen LogP contribution < -0.4 is 5.43 Å². The van der Waals surface area contributed by atoms with Crippen molar-refractivity contribution >= 4 is 45.2 Å². The van der Waals surface area contributed by atoms with Crippen LogP contribution in [0.1, 0.15) is 5.56 Å². The van der Waals surface area contributed by atoms with Crippen molar-refractivity contribution in [1.29, 1.82) is 0 Å². The molecule has 0 saturated carbocycles. The van der Waals surface area contributed by atoms with Crippen LogP contribution in [0.4, 0.5) is 5.69 Å². The second-order valence-corrected chi connectivity index (χ2v) is 6.05. The summed E-state index contributed by atoms with van der Waals surface area (Å²) in [5, 5.41) is 18.0. The van der Waals surface area contributed by atoms with Crippen molar-refractivity contribution in [3.05, 3.63) is 77.4 Å². The molecule has 0 aliphatic carbocycles. The standard InChI is InChI=1S/C20H14ClN3O/c21-14-6-7-16-18(9-10-22-19(16)11-14)24-23-12-17-15-4-2-1-3-13(15)5-8-20(17)25/h1-12,25H,(H,22,24)/b23-12+. The first-order chi connectivity index (χ1) is 12.2. The Labute approximate surface area is 149 Å². The van der Waals surface area contributed by atoms with E-state index in [0.29, 0.717) is 10.6 Å². The van der Waals surface area contributed by atoms with E-state index in [2.05, 4.69) is 15.5 Å². The molecule has 0 spiro atoms. The Morgan fingerprint density at radius 1 is 1.00 bits per heavy atom. The zero-order valence-electron chi connectivity index (χ0n) is 13.1. The van der Waals surface area contributed by atoms with Crippen molar-refractivity contribution in [2.45, 2.75) is 0 Å². The number of aromatic hydroxyl groups is 1. The maximum Gasteiger partial charge on any atom is 0.125 e. The summed E-state index contributed by atoms with van der Waals surface area (Å²) in [6.07, 6.45) is 3.33. The molecular formula is C20H14ClN3O. The van der Waals surface area contributed by atoms with E-state index in [1.807, 2.05) is 54.6 Å². The van der Waals surface area contributed by atoms with E-state index >= 15 is 0 Å². The number of nitrogens with zero attached hydrogens (tertiary/aromatic N) is 2. The van der Waals surface area contributed by atoms with Crippen molar-refractivity contribution in [2.75, 3.05) is 5.43 Å². The molecule has 4 aromatic rings. The molecule has 0 fully saturated rings. The molecule has 0 amide bonds. The van der Waals surface area contributed by atoms with Gasteiger partial charge in [-0.05, 0) is 41.1 Å². The molecule has 0 unspecified atom stereocenters. The predicted molar refractivity (Wildman–Crippen MR) is 104 cm³/mol. The number of hydrogen-bond acceptors (Lipinski definition) is 4. The van der Waals surface area contributed by atoms with Gasteiger partial charge in [0, 0.05) is 22.2 Å². The van der Waals surface area contributed by atoms with Gasteiger partial charge in [-0.1, -0.05) is 41.9 Å². The number of halogens is 1. The molecule has 0 atom stereocenters. The minimum atomic E-state index is 0.190. The van der Waals surface area contributed by atoms with Gasteiger partial charge in [-0.15, -0.1) is 0 Å². The Balaban J connectivity index is 1.70.